The largest absolute Gasteiger partial charge is 0.508 e. The lowest BCUT2D eigenvalue weighted by molar-refractivity contribution is 0.475. The first-order chi connectivity index (χ1) is 5.24. The number of benzene rings is 1. The Hall–Kier alpha value is -1.02. The van der Waals surface area contributed by atoms with E-state index in [4.69, 9.17) is 10.8 Å². The molecule has 0 saturated carbocycles. The second kappa shape index (κ2) is 3.39. The summed E-state index contributed by atoms with van der Waals surface area (Å²) in [6, 6.07) is 7.16. The highest BCUT2D eigenvalue weighted by atomic mass is 16.3. The minimum absolute atomic E-state index is 0.304. The Morgan fingerprint density at radius 3 is 2.36 bits per heavy atom. The zero-order valence-electron chi connectivity index (χ0n) is 6.62. The van der Waals surface area contributed by atoms with E-state index in [2.05, 4.69) is 6.92 Å². The summed E-state index contributed by atoms with van der Waals surface area (Å²) in [6.07, 6.45) is 0. The summed E-state index contributed by atoms with van der Waals surface area (Å²) in [5, 5.41) is 8.98. The molecule has 0 saturated heterocycles. The van der Waals surface area contributed by atoms with Crippen molar-refractivity contribution < 1.29 is 5.11 Å². The molecule has 0 bridgehead atoms. The molecule has 2 heteroatoms. The summed E-state index contributed by atoms with van der Waals surface area (Å²) >= 11 is 0. The third kappa shape index (κ3) is 1.95. The van der Waals surface area contributed by atoms with Gasteiger partial charge in [-0.25, -0.2) is 0 Å². The molecule has 0 aliphatic heterocycles. The monoisotopic (exact) mass is 151 g/mol. The maximum atomic E-state index is 8.98. The number of phenols is 1. The minimum atomic E-state index is 0.304. The summed E-state index contributed by atoms with van der Waals surface area (Å²) in [6.45, 7) is 2.71. The Morgan fingerprint density at radius 1 is 1.36 bits per heavy atom. The van der Waals surface area contributed by atoms with Gasteiger partial charge in [0.2, 0.25) is 0 Å². The van der Waals surface area contributed by atoms with Gasteiger partial charge >= 0.3 is 0 Å². The molecule has 3 N–H and O–H groups in total. The van der Waals surface area contributed by atoms with Crippen LogP contribution in [0.2, 0.25) is 0 Å². The van der Waals surface area contributed by atoms with Gasteiger partial charge in [0.05, 0.1) is 0 Å². The molecule has 1 atom stereocenters. The first kappa shape index (κ1) is 8.08. The van der Waals surface area contributed by atoms with Gasteiger partial charge in [0, 0.05) is 0 Å². The van der Waals surface area contributed by atoms with E-state index >= 15 is 0 Å². The fourth-order valence-corrected chi connectivity index (χ4v) is 0.939. The Kier molecular flexibility index (Phi) is 2.49. The van der Waals surface area contributed by atoms with Crippen LogP contribution in [0.4, 0.5) is 0 Å². The lowest BCUT2D eigenvalue weighted by Crippen LogP contribution is -2.08. The number of aromatic hydroxyl groups is 1. The van der Waals surface area contributed by atoms with Crippen molar-refractivity contribution in [2.24, 2.45) is 5.73 Å². The van der Waals surface area contributed by atoms with Crippen LogP contribution in [0.5, 0.6) is 5.75 Å². The first-order valence-corrected chi connectivity index (χ1v) is 3.73. The van der Waals surface area contributed by atoms with Gasteiger partial charge in [0.25, 0.3) is 0 Å². The van der Waals surface area contributed by atoms with Gasteiger partial charge in [0.1, 0.15) is 5.75 Å². The normalized spacial score (nSPS) is 12.9. The van der Waals surface area contributed by atoms with Crippen molar-refractivity contribution in [3.8, 4) is 5.75 Å². The van der Waals surface area contributed by atoms with Crippen molar-refractivity contribution in [3.63, 3.8) is 0 Å². The highest BCUT2D eigenvalue weighted by molar-refractivity contribution is 5.28. The van der Waals surface area contributed by atoms with E-state index in [-0.39, 0.29) is 0 Å². The van der Waals surface area contributed by atoms with Gasteiger partial charge in [0.15, 0.2) is 0 Å². The Bertz CT molecular complexity index is 218. The summed E-state index contributed by atoms with van der Waals surface area (Å²) in [4.78, 5) is 0. The Morgan fingerprint density at radius 2 is 1.91 bits per heavy atom. The van der Waals surface area contributed by atoms with Gasteiger partial charge in [-0.2, -0.15) is 0 Å². The summed E-state index contributed by atoms with van der Waals surface area (Å²) in [5.41, 5.74) is 6.65. The number of nitrogens with two attached hydrogens (primary N) is 1. The van der Waals surface area contributed by atoms with Crippen LogP contribution in [0.3, 0.4) is 0 Å². The van der Waals surface area contributed by atoms with Gasteiger partial charge in [-0.05, 0) is 30.2 Å². The van der Waals surface area contributed by atoms with Crippen LogP contribution in [-0.2, 0) is 0 Å². The number of phenolic OH excluding ortho intramolecular Hbond substituents is 1. The minimum Gasteiger partial charge on any atom is -0.508 e. The number of rotatable bonds is 2. The Balaban J connectivity index is 2.81. The van der Waals surface area contributed by atoms with Crippen molar-refractivity contribution in [3.05, 3.63) is 29.8 Å². The third-order valence-electron chi connectivity index (χ3n) is 1.82. The average Bonchev–Trinajstić information content (AvgIpc) is 2.05. The SMILES string of the molecule is CC(CN)c1ccc(O)cc1. The van der Waals surface area contributed by atoms with E-state index < -0.39 is 0 Å². The lowest BCUT2D eigenvalue weighted by atomic mass is 10.0. The number of hydrogen-bond donors (Lipinski definition) is 2. The topological polar surface area (TPSA) is 46.2 Å². The molecule has 0 amide bonds. The van der Waals surface area contributed by atoms with E-state index in [1.54, 1.807) is 12.1 Å². The zero-order chi connectivity index (χ0) is 8.27. The van der Waals surface area contributed by atoms with Crippen LogP contribution in [0.15, 0.2) is 24.3 Å². The molecule has 0 radical (unpaired) electrons. The summed E-state index contributed by atoms with van der Waals surface area (Å²) < 4.78 is 0. The van der Waals surface area contributed by atoms with E-state index in [0.717, 1.165) is 0 Å². The molecular weight excluding hydrogens is 138 g/mol. The van der Waals surface area contributed by atoms with Crippen molar-refractivity contribution in [2.75, 3.05) is 6.54 Å². The zero-order valence-corrected chi connectivity index (χ0v) is 6.62. The molecule has 0 spiro atoms. The highest BCUT2D eigenvalue weighted by Crippen LogP contribution is 2.16. The average molecular weight is 151 g/mol. The summed E-state index contributed by atoms with van der Waals surface area (Å²) in [7, 11) is 0. The second-order valence-corrected chi connectivity index (χ2v) is 2.73. The third-order valence-corrected chi connectivity index (χ3v) is 1.82. The van der Waals surface area contributed by atoms with Crippen LogP contribution >= 0.6 is 0 Å². The van der Waals surface area contributed by atoms with Crippen LogP contribution in [0.25, 0.3) is 0 Å². The molecule has 1 unspecified atom stereocenters. The quantitative estimate of drug-likeness (QED) is 0.672. The van der Waals surface area contributed by atoms with E-state index in [1.807, 2.05) is 12.1 Å². The predicted octanol–water partition coefficient (Wildman–Crippen LogP) is 1.45. The molecule has 0 heterocycles. The van der Waals surface area contributed by atoms with Crippen LogP contribution in [0, 0.1) is 0 Å². The van der Waals surface area contributed by atoms with Gasteiger partial charge in [-0.1, -0.05) is 19.1 Å². The fourth-order valence-electron chi connectivity index (χ4n) is 0.939. The highest BCUT2D eigenvalue weighted by Gasteiger charge is 2.01. The molecule has 2 nitrogen and oxygen atoms in total. The first-order valence-electron chi connectivity index (χ1n) is 3.73. The molecule has 0 aliphatic carbocycles. The van der Waals surface area contributed by atoms with Gasteiger partial charge in [-0.15, -0.1) is 0 Å². The lowest BCUT2D eigenvalue weighted by Gasteiger charge is -2.07. The van der Waals surface area contributed by atoms with Crippen LogP contribution in [0.1, 0.15) is 18.4 Å². The second-order valence-electron chi connectivity index (χ2n) is 2.73. The van der Waals surface area contributed by atoms with Crippen LogP contribution in [-0.4, -0.2) is 11.7 Å². The molecule has 60 valence electrons. The molecule has 0 aliphatic rings. The fraction of sp³-hybridized carbons (Fsp3) is 0.333. The number of hydrogen-bond acceptors (Lipinski definition) is 2. The van der Waals surface area contributed by atoms with Crippen molar-refractivity contribution in [1.29, 1.82) is 0 Å². The molecule has 0 fully saturated rings. The smallest absolute Gasteiger partial charge is 0.115 e. The van der Waals surface area contributed by atoms with E-state index in [1.165, 1.54) is 5.56 Å². The molecule has 1 aromatic rings. The molecule has 0 aromatic heterocycles. The van der Waals surface area contributed by atoms with E-state index in [0.29, 0.717) is 18.2 Å². The maximum absolute atomic E-state index is 8.98. The molecule has 1 aromatic carbocycles. The van der Waals surface area contributed by atoms with Crippen molar-refractivity contribution >= 4 is 0 Å². The molecule has 11 heavy (non-hydrogen) atoms. The molecular formula is C9H13NO. The van der Waals surface area contributed by atoms with Crippen LogP contribution < -0.4 is 5.73 Å². The predicted molar refractivity (Wildman–Crippen MR) is 45.6 cm³/mol. The van der Waals surface area contributed by atoms with Crippen molar-refractivity contribution in [2.45, 2.75) is 12.8 Å². The standard InChI is InChI=1S/C9H13NO/c1-7(6-10)8-2-4-9(11)5-3-8/h2-5,7,11H,6,10H2,1H3. The van der Waals surface area contributed by atoms with Gasteiger partial charge < -0.3 is 10.8 Å². The molecule has 1 rings (SSSR count). The maximum Gasteiger partial charge on any atom is 0.115 e. The Labute approximate surface area is 66.7 Å². The summed E-state index contributed by atoms with van der Waals surface area (Å²) in [5.74, 6) is 0.675. The van der Waals surface area contributed by atoms with Gasteiger partial charge in [-0.3, -0.25) is 0 Å². The van der Waals surface area contributed by atoms with E-state index in [9.17, 15) is 0 Å². The van der Waals surface area contributed by atoms with Crippen molar-refractivity contribution in [1.82, 2.24) is 0 Å².